The molecule has 1 saturated carbocycles. The van der Waals surface area contributed by atoms with E-state index in [1.807, 2.05) is 13.8 Å². The normalized spacial score (nSPS) is 40.6. The van der Waals surface area contributed by atoms with E-state index in [2.05, 4.69) is 13.8 Å². The van der Waals surface area contributed by atoms with E-state index >= 15 is 0 Å². The van der Waals surface area contributed by atoms with Crippen molar-refractivity contribution in [3.05, 3.63) is 22.7 Å². The largest absolute Gasteiger partial charge is 0.496 e. The van der Waals surface area contributed by atoms with Gasteiger partial charge in [-0.2, -0.15) is 0 Å². The summed E-state index contributed by atoms with van der Waals surface area (Å²) < 4.78 is 24.7. The molecule has 2 fully saturated rings. The minimum Gasteiger partial charge on any atom is -0.496 e. The van der Waals surface area contributed by atoms with Crippen LogP contribution in [0.4, 0.5) is 0 Å². The molecule has 178 valence electrons. The number of rotatable bonds is 2. The van der Waals surface area contributed by atoms with E-state index in [4.69, 9.17) is 18.9 Å². The number of carbonyl (C=O) groups is 1. The smallest absolute Gasteiger partial charge is 0.169 e. The molecule has 0 spiro atoms. The Kier molecular flexibility index (Phi) is 5.50. The van der Waals surface area contributed by atoms with Gasteiger partial charge in [0.1, 0.15) is 17.1 Å². The lowest BCUT2D eigenvalue weighted by molar-refractivity contribution is -0.195. The van der Waals surface area contributed by atoms with Gasteiger partial charge in [-0.25, -0.2) is 0 Å². The standard InChI is InChI=1S/C26H38O6/c1-25(2)9-8-16-19(31-25)7-6-15(24(16)29-5)18-13-30-21-12-20-14(10-17(21)23(18)28)11-22(27)26(3,4)32-20/h15-16,18-19,22,24,27H,6-13H2,1-5H3. The zero-order chi connectivity index (χ0) is 22.8. The fourth-order valence-corrected chi connectivity index (χ4v) is 6.64. The molecule has 6 atom stereocenters. The van der Waals surface area contributed by atoms with Crippen LogP contribution in [0.5, 0.6) is 0 Å². The first-order valence-electron chi connectivity index (χ1n) is 12.3. The van der Waals surface area contributed by atoms with Crippen molar-refractivity contribution in [2.45, 2.75) is 102 Å². The van der Waals surface area contributed by atoms with Crippen molar-refractivity contribution >= 4 is 5.78 Å². The monoisotopic (exact) mass is 446 g/mol. The number of ketones is 1. The second kappa shape index (κ2) is 7.85. The molecule has 32 heavy (non-hydrogen) atoms. The Morgan fingerprint density at radius 3 is 2.56 bits per heavy atom. The Hall–Kier alpha value is -1.37. The first kappa shape index (κ1) is 22.4. The summed E-state index contributed by atoms with van der Waals surface area (Å²) in [7, 11) is 1.78. The van der Waals surface area contributed by atoms with Gasteiger partial charge in [-0.05, 0) is 64.9 Å². The van der Waals surface area contributed by atoms with E-state index < -0.39 is 11.7 Å². The number of allylic oxidation sites excluding steroid dienone is 1. The molecule has 1 N–H and O–H groups in total. The summed E-state index contributed by atoms with van der Waals surface area (Å²) in [6.07, 6.45) is 5.24. The van der Waals surface area contributed by atoms with E-state index in [-0.39, 0.29) is 35.4 Å². The molecule has 6 unspecified atom stereocenters. The quantitative estimate of drug-likeness (QED) is 0.690. The summed E-state index contributed by atoms with van der Waals surface area (Å²) in [5.41, 5.74) is 1.14. The Morgan fingerprint density at radius 2 is 1.81 bits per heavy atom. The molecule has 0 radical (unpaired) electrons. The van der Waals surface area contributed by atoms with Gasteiger partial charge < -0.3 is 24.1 Å². The predicted molar refractivity (Wildman–Crippen MR) is 119 cm³/mol. The summed E-state index contributed by atoms with van der Waals surface area (Å²) in [5.74, 6) is 2.15. The average molecular weight is 447 g/mol. The first-order valence-corrected chi connectivity index (χ1v) is 12.3. The van der Waals surface area contributed by atoms with Crippen LogP contribution in [0, 0.1) is 17.8 Å². The van der Waals surface area contributed by atoms with E-state index in [1.165, 1.54) is 0 Å². The molecular weight excluding hydrogens is 408 g/mol. The fraction of sp³-hybridized carbons (Fsp3) is 0.808. The average Bonchev–Trinajstić information content (AvgIpc) is 2.72. The topological polar surface area (TPSA) is 74.2 Å². The summed E-state index contributed by atoms with van der Waals surface area (Å²) in [6.45, 7) is 8.57. The van der Waals surface area contributed by atoms with Gasteiger partial charge in [-0.15, -0.1) is 0 Å². The molecule has 5 rings (SSSR count). The van der Waals surface area contributed by atoms with E-state index in [1.54, 1.807) is 7.11 Å². The molecule has 3 heterocycles. The van der Waals surface area contributed by atoms with Gasteiger partial charge in [0.2, 0.25) is 0 Å². The van der Waals surface area contributed by atoms with Crippen LogP contribution in [0.2, 0.25) is 0 Å². The van der Waals surface area contributed by atoms with Gasteiger partial charge in [0, 0.05) is 31.4 Å². The van der Waals surface area contributed by atoms with Crippen LogP contribution >= 0.6 is 0 Å². The highest BCUT2D eigenvalue weighted by molar-refractivity contribution is 5.99. The number of aliphatic hydroxyl groups is 1. The predicted octanol–water partition coefficient (Wildman–Crippen LogP) is 4.06. The van der Waals surface area contributed by atoms with Crippen molar-refractivity contribution in [3.63, 3.8) is 0 Å². The Balaban J connectivity index is 1.33. The van der Waals surface area contributed by atoms with E-state index in [9.17, 15) is 9.90 Å². The lowest BCUT2D eigenvalue weighted by atomic mass is 9.66. The molecule has 0 bridgehead atoms. The van der Waals surface area contributed by atoms with Crippen LogP contribution < -0.4 is 0 Å². The zero-order valence-electron chi connectivity index (χ0n) is 20.1. The molecule has 6 nitrogen and oxygen atoms in total. The van der Waals surface area contributed by atoms with Gasteiger partial charge in [0.15, 0.2) is 5.78 Å². The minimum atomic E-state index is -0.612. The van der Waals surface area contributed by atoms with Crippen molar-refractivity contribution in [2.75, 3.05) is 13.7 Å². The van der Waals surface area contributed by atoms with Crippen molar-refractivity contribution in [1.29, 1.82) is 0 Å². The maximum Gasteiger partial charge on any atom is 0.169 e. The molecule has 3 aliphatic heterocycles. The number of fused-ring (bicyclic) bond motifs is 1. The molecule has 1 saturated heterocycles. The first-order chi connectivity index (χ1) is 15.1. The van der Waals surface area contributed by atoms with Gasteiger partial charge in [-0.1, -0.05) is 0 Å². The SMILES string of the molecule is COC1C2CCC(C)(C)OC2CCC1C1COC2=C(CC3=C(C2)OC(C)(C)C(O)C3)C1=O. The molecule has 0 aromatic heterocycles. The third kappa shape index (κ3) is 3.72. The number of Topliss-reactive ketones (excluding diaryl/α,β-unsaturated/α-hetero) is 1. The lowest BCUT2D eigenvalue weighted by Crippen LogP contribution is -2.54. The Bertz CT molecular complexity index is 852. The molecule has 6 heteroatoms. The number of methoxy groups -OCH3 is 1. The van der Waals surface area contributed by atoms with Crippen molar-refractivity contribution in [1.82, 2.24) is 0 Å². The molecule has 0 aromatic carbocycles. The van der Waals surface area contributed by atoms with Gasteiger partial charge in [-0.3, -0.25) is 4.79 Å². The van der Waals surface area contributed by atoms with Crippen LogP contribution in [-0.2, 0) is 23.7 Å². The Morgan fingerprint density at radius 1 is 1.03 bits per heavy atom. The molecule has 0 aromatic rings. The summed E-state index contributed by atoms with van der Waals surface area (Å²) in [4.78, 5) is 13.7. The number of aliphatic hydroxyl groups excluding tert-OH is 1. The van der Waals surface area contributed by atoms with Crippen LogP contribution in [0.25, 0.3) is 0 Å². The molecular formula is C26H38O6. The minimum absolute atomic E-state index is 0.0172. The van der Waals surface area contributed by atoms with Gasteiger partial charge in [0.05, 0.1) is 42.9 Å². The van der Waals surface area contributed by atoms with Crippen LogP contribution in [0.1, 0.15) is 72.6 Å². The maximum atomic E-state index is 13.7. The van der Waals surface area contributed by atoms with E-state index in [0.717, 1.165) is 48.3 Å². The second-order valence-corrected chi connectivity index (χ2v) is 11.5. The van der Waals surface area contributed by atoms with Crippen molar-refractivity contribution < 1.29 is 28.8 Å². The summed E-state index contributed by atoms with van der Waals surface area (Å²) in [5, 5.41) is 10.5. The molecule has 2 aliphatic carbocycles. The molecule has 0 amide bonds. The van der Waals surface area contributed by atoms with Crippen LogP contribution in [0.3, 0.4) is 0 Å². The molecule has 5 aliphatic rings. The van der Waals surface area contributed by atoms with Gasteiger partial charge >= 0.3 is 0 Å². The highest BCUT2D eigenvalue weighted by Crippen LogP contribution is 2.49. The van der Waals surface area contributed by atoms with Gasteiger partial charge in [0.25, 0.3) is 0 Å². The maximum absolute atomic E-state index is 13.7. The van der Waals surface area contributed by atoms with Crippen molar-refractivity contribution in [3.8, 4) is 0 Å². The highest BCUT2D eigenvalue weighted by atomic mass is 16.5. The lowest BCUT2D eigenvalue weighted by Gasteiger charge is -2.51. The third-order valence-corrected chi connectivity index (χ3v) is 8.59. The van der Waals surface area contributed by atoms with Crippen LogP contribution in [0.15, 0.2) is 22.7 Å². The van der Waals surface area contributed by atoms with Crippen LogP contribution in [-0.4, -0.2) is 54.1 Å². The number of hydrogen-bond donors (Lipinski definition) is 1. The number of ether oxygens (including phenoxy) is 4. The van der Waals surface area contributed by atoms with E-state index in [0.29, 0.717) is 31.8 Å². The summed E-state index contributed by atoms with van der Waals surface area (Å²) >= 11 is 0. The van der Waals surface area contributed by atoms with Crippen molar-refractivity contribution in [2.24, 2.45) is 17.8 Å². The zero-order valence-corrected chi connectivity index (χ0v) is 20.1. The highest BCUT2D eigenvalue weighted by Gasteiger charge is 2.51. The summed E-state index contributed by atoms with van der Waals surface area (Å²) in [6, 6.07) is 0. The third-order valence-electron chi connectivity index (χ3n) is 8.59. The number of carbonyl (C=O) groups excluding carboxylic acids is 1. The fourth-order valence-electron chi connectivity index (χ4n) is 6.64. The second-order valence-electron chi connectivity index (χ2n) is 11.5. The number of hydrogen-bond acceptors (Lipinski definition) is 6. The Labute approximate surface area is 191 Å².